The summed E-state index contributed by atoms with van der Waals surface area (Å²) >= 11 is 1.65. The Morgan fingerprint density at radius 3 is 2.17 bits per heavy atom. The maximum atomic E-state index is 6.19. The molecule has 2 nitrogen and oxygen atoms in total. The summed E-state index contributed by atoms with van der Waals surface area (Å²) in [6.45, 7) is 0. The van der Waals surface area contributed by atoms with E-state index in [1.807, 2.05) is 36.4 Å². The van der Waals surface area contributed by atoms with Crippen molar-refractivity contribution in [3.8, 4) is 0 Å². The van der Waals surface area contributed by atoms with Crippen LogP contribution in [0.15, 0.2) is 65.7 Å². The lowest BCUT2D eigenvalue weighted by Gasteiger charge is -2.11. The molecule has 1 aliphatic heterocycles. The van der Waals surface area contributed by atoms with Crippen molar-refractivity contribution in [1.29, 1.82) is 0 Å². The highest BCUT2D eigenvalue weighted by molar-refractivity contribution is 8.15. The molecule has 2 atom stereocenters. The molecule has 2 aromatic carbocycles. The highest BCUT2D eigenvalue weighted by atomic mass is 32.2. The largest absolute Gasteiger partial charge is 0.317 e. The lowest BCUT2D eigenvalue weighted by Crippen LogP contribution is -2.20. The van der Waals surface area contributed by atoms with E-state index in [4.69, 9.17) is 10.7 Å². The first-order valence-corrected chi connectivity index (χ1v) is 6.83. The fourth-order valence-corrected chi connectivity index (χ4v) is 3.11. The lowest BCUT2D eigenvalue weighted by molar-refractivity contribution is 0.712. The minimum Gasteiger partial charge on any atom is -0.317 e. The summed E-state index contributed by atoms with van der Waals surface area (Å²) in [7, 11) is 0. The quantitative estimate of drug-likeness (QED) is 0.893. The predicted molar refractivity (Wildman–Crippen MR) is 77.7 cm³/mol. The Kier molecular flexibility index (Phi) is 3.17. The number of hydrogen-bond acceptors (Lipinski definition) is 3. The molecule has 0 spiro atoms. The normalized spacial score (nSPS) is 22.8. The third kappa shape index (κ3) is 2.19. The molecular formula is C15H14N2S. The van der Waals surface area contributed by atoms with Crippen LogP contribution in [0, 0.1) is 0 Å². The van der Waals surface area contributed by atoms with Gasteiger partial charge in [-0.25, -0.2) is 0 Å². The van der Waals surface area contributed by atoms with Gasteiger partial charge in [-0.2, -0.15) is 0 Å². The van der Waals surface area contributed by atoms with Gasteiger partial charge in [0, 0.05) is 5.56 Å². The SMILES string of the molecule is N[C@@H]1SC(c2ccccc2)=N[C@H]1c1ccccc1. The molecule has 0 amide bonds. The zero-order valence-corrected chi connectivity index (χ0v) is 10.7. The molecule has 3 rings (SSSR count). The summed E-state index contributed by atoms with van der Waals surface area (Å²) in [6, 6.07) is 20.5. The molecule has 0 fully saturated rings. The van der Waals surface area contributed by atoms with Crippen LogP contribution < -0.4 is 5.73 Å². The van der Waals surface area contributed by atoms with Crippen molar-refractivity contribution in [2.75, 3.05) is 0 Å². The number of hydrogen-bond donors (Lipinski definition) is 1. The molecule has 2 N–H and O–H groups in total. The minimum absolute atomic E-state index is 0.00241. The van der Waals surface area contributed by atoms with E-state index in [-0.39, 0.29) is 11.4 Å². The monoisotopic (exact) mass is 254 g/mol. The van der Waals surface area contributed by atoms with E-state index in [0.29, 0.717) is 0 Å². The molecule has 1 aliphatic rings. The van der Waals surface area contributed by atoms with E-state index in [1.165, 1.54) is 5.56 Å². The summed E-state index contributed by atoms with van der Waals surface area (Å²) in [5, 5.41) is 1.04. The Hall–Kier alpha value is -1.58. The standard InChI is InChI=1S/C15H14N2S/c16-14-13(11-7-3-1-4-8-11)17-15(18-14)12-9-5-2-6-10-12/h1-10,13-14H,16H2/t13-,14+/m0/s1. The minimum atomic E-state index is 0.00241. The molecule has 2 aromatic rings. The average Bonchev–Trinajstić information content (AvgIpc) is 2.83. The highest BCUT2D eigenvalue weighted by Gasteiger charge is 2.28. The summed E-state index contributed by atoms with van der Waals surface area (Å²) in [4.78, 5) is 4.76. The molecule has 0 aliphatic carbocycles. The number of nitrogens with zero attached hydrogens (tertiary/aromatic N) is 1. The molecule has 0 unspecified atom stereocenters. The van der Waals surface area contributed by atoms with Gasteiger partial charge >= 0.3 is 0 Å². The topological polar surface area (TPSA) is 38.4 Å². The first-order valence-electron chi connectivity index (χ1n) is 5.95. The number of nitrogens with two attached hydrogens (primary N) is 1. The van der Waals surface area contributed by atoms with Gasteiger partial charge in [0.15, 0.2) is 0 Å². The van der Waals surface area contributed by atoms with Crippen LogP contribution in [-0.2, 0) is 0 Å². The zero-order chi connectivity index (χ0) is 12.4. The summed E-state index contributed by atoms with van der Waals surface area (Å²) in [5.74, 6) is 0. The Morgan fingerprint density at radius 2 is 1.50 bits per heavy atom. The number of thioether (sulfide) groups is 1. The van der Waals surface area contributed by atoms with Crippen LogP contribution in [0.2, 0.25) is 0 Å². The maximum absolute atomic E-state index is 6.19. The van der Waals surface area contributed by atoms with Crippen LogP contribution in [0.5, 0.6) is 0 Å². The molecule has 0 bridgehead atoms. The second kappa shape index (κ2) is 4.96. The number of benzene rings is 2. The smallest absolute Gasteiger partial charge is 0.101 e. The van der Waals surface area contributed by atoms with Gasteiger partial charge in [-0.05, 0) is 5.56 Å². The second-order valence-electron chi connectivity index (χ2n) is 4.24. The summed E-state index contributed by atoms with van der Waals surface area (Å²) < 4.78 is 0. The van der Waals surface area contributed by atoms with Gasteiger partial charge in [-0.15, -0.1) is 0 Å². The van der Waals surface area contributed by atoms with Gasteiger partial charge in [0.25, 0.3) is 0 Å². The Morgan fingerprint density at radius 1 is 0.889 bits per heavy atom. The van der Waals surface area contributed by atoms with Gasteiger partial charge in [0.2, 0.25) is 0 Å². The van der Waals surface area contributed by atoms with Crippen molar-refractivity contribution in [3.05, 3.63) is 71.8 Å². The van der Waals surface area contributed by atoms with E-state index in [9.17, 15) is 0 Å². The van der Waals surface area contributed by atoms with E-state index < -0.39 is 0 Å². The third-order valence-corrected chi connectivity index (χ3v) is 4.07. The Labute approximate surface area is 111 Å². The maximum Gasteiger partial charge on any atom is 0.101 e. The molecule has 3 heteroatoms. The van der Waals surface area contributed by atoms with Crippen molar-refractivity contribution < 1.29 is 0 Å². The third-order valence-electron chi connectivity index (χ3n) is 2.98. The van der Waals surface area contributed by atoms with E-state index in [2.05, 4.69) is 24.3 Å². The molecule has 1 heterocycles. The Balaban J connectivity index is 1.92. The van der Waals surface area contributed by atoms with Crippen LogP contribution >= 0.6 is 11.8 Å². The second-order valence-corrected chi connectivity index (χ2v) is 5.40. The van der Waals surface area contributed by atoms with Gasteiger partial charge in [0.05, 0.1) is 5.37 Å². The van der Waals surface area contributed by atoms with Crippen LogP contribution in [0.25, 0.3) is 0 Å². The molecule has 0 radical (unpaired) electrons. The van der Waals surface area contributed by atoms with Crippen LogP contribution in [0.1, 0.15) is 17.2 Å². The van der Waals surface area contributed by atoms with Crippen molar-refractivity contribution in [2.45, 2.75) is 11.4 Å². The summed E-state index contributed by atoms with van der Waals surface area (Å²) in [5.41, 5.74) is 8.52. The van der Waals surface area contributed by atoms with Gasteiger partial charge in [-0.1, -0.05) is 72.4 Å². The van der Waals surface area contributed by atoms with Crippen molar-refractivity contribution in [2.24, 2.45) is 10.7 Å². The van der Waals surface area contributed by atoms with Crippen molar-refractivity contribution in [1.82, 2.24) is 0 Å². The van der Waals surface area contributed by atoms with Crippen LogP contribution in [0.3, 0.4) is 0 Å². The summed E-state index contributed by atoms with van der Waals surface area (Å²) in [6.07, 6.45) is 0. The average molecular weight is 254 g/mol. The Bertz CT molecular complexity index is 551. The van der Waals surface area contributed by atoms with Crippen LogP contribution in [0.4, 0.5) is 0 Å². The first-order chi connectivity index (χ1) is 8.84. The first kappa shape index (κ1) is 11.5. The number of aliphatic imine (C=N–C) groups is 1. The fraction of sp³-hybridized carbons (Fsp3) is 0.133. The molecule has 90 valence electrons. The lowest BCUT2D eigenvalue weighted by atomic mass is 10.1. The van der Waals surface area contributed by atoms with Crippen molar-refractivity contribution >= 4 is 16.8 Å². The van der Waals surface area contributed by atoms with E-state index in [1.54, 1.807) is 11.8 Å². The van der Waals surface area contributed by atoms with Crippen molar-refractivity contribution in [3.63, 3.8) is 0 Å². The van der Waals surface area contributed by atoms with Gasteiger partial charge < -0.3 is 5.73 Å². The van der Waals surface area contributed by atoms with Gasteiger partial charge in [-0.3, -0.25) is 4.99 Å². The van der Waals surface area contributed by atoms with E-state index >= 15 is 0 Å². The van der Waals surface area contributed by atoms with E-state index in [0.717, 1.165) is 10.6 Å². The molecule has 0 saturated carbocycles. The predicted octanol–water partition coefficient (Wildman–Crippen LogP) is 3.21. The molecule has 0 aromatic heterocycles. The molecule has 18 heavy (non-hydrogen) atoms. The molecular weight excluding hydrogens is 240 g/mol. The highest BCUT2D eigenvalue weighted by Crippen LogP contribution is 2.36. The fourth-order valence-electron chi connectivity index (χ4n) is 2.06. The number of rotatable bonds is 2. The zero-order valence-electron chi connectivity index (χ0n) is 9.86. The van der Waals surface area contributed by atoms with Gasteiger partial charge in [0.1, 0.15) is 11.1 Å². The van der Waals surface area contributed by atoms with Crippen LogP contribution in [-0.4, -0.2) is 10.4 Å². The molecule has 0 saturated heterocycles.